The van der Waals surface area contributed by atoms with Gasteiger partial charge in [0.2, 0.25) is 0 Å². The van der Waals surface area contributed by atoms with Crippen LogP contribution in [0.3, 0.4) is 0 Å². The van der Waals surface area contributed by atoms with Crippen molar-refractivity contribution in [1.29, 1.82) is 0 Å². The van der Waals surface area contributed by atoms with Crippen molar-refractivity contribution in [2.24, 2.45) is 0 Å². The maximum atomic E-state index is 7.08. The fourth-order valence-electron chi connectivity index (χ4n) is 3.98. The quantitative estimate of drug-likeness (QED) is 0.752. The number of rotatable bonds is 5. The summed E-state index contributed by atoms with van der Waals surface area (Å²) >= 11 is 0. The van der Waals surface area contributed by atoms with Gasteiger partial charge in [0.15, 0.2) is 0 Å². The predicted octanol–water partition coefficient (Wildman–Crippen LogP) is 4.13. The first-order valence-corrected chi connectivity index (χ1v) is 11.3. The Kier molecular flexibility index (Phi) is 5.47. The molecular formula is C22H30O2Si. The zero-order valence-electron chi connectivity index (χ0n) is 15.9. The lowest BCUT2D eigenvalue weighted by Crippen LogP contribution is -2.67. The van der Waals surface area contributed by atoms with Gasteiger partial charge < -0.3 is 9.16 Å². The summed E-state index contributed by atoms with van der Waals surface area (Å²) in [5, 5.41) is 2.71. The zero-order chi connectivity index (χ0) is 17.9. The Morgan fingerprint density at radius 3 is 1.88 bits per heavy atom. The van der Waals surface area contributed by atoms with Crippen LogP contribution in [-0.4, -0.2) is 27.1 Å². The van der Waals surface area contributed by atoms with Crippen molar-refractivity contribution in [2.45, 2.75) is 57.8 Å². The second-order valence-electron chi connectivity index (χ2n) is 8.00. The summed E-state index contributed by atoms with van der Waals surface area (Å²) in [5.74, 6) is 0. The topological polar surface area (TPSA) is 18.5 Å². The normalized spacial score (nSPS) is 21.4. The molecule has 1 heterocycles. The van der Waals surface area contributed by atoms with Crippen LogP contribution >= 0.6 is 0 Å². The molecule has 0 radical (unpaired) electrons. The third-order valence-corrected chi connectivity index (χ3v) is 10.4. The maximum absolute atomic E-state index is 7.08. The molecule has 0 amide bonds. The van der Waals surface area contributed by atoms with E-state index in [-0.39, 0.29) is 11.1 Å². The van der Waals surface area contributed by atoms with Crippen molar-refractivity contribution in [3.8, 4) is 0 Å². The Balaban J connectivity index is 2.09. The molecule has 0 saturated carbocycles. The first-order valence-electron chi connectivity index (χ1n) is 9.38. The van der Waals surface area contributed by atoms with Crippen LogP contribution in [-0.2, 0) is 9.16 Å². The van der Waals surface area contributed by atoms with Crippen molar-refractivity contribution in [1.82, 2.24) is 0 Å². The van der Waals surface area contributed by atoms with Crippen LogP contribution < -0.4 is 10.4 Å². The van der Waals surface area contributed by atoms with Gasteiger partial charge in [-0.25, -0.2) is 0 Å². The van der Waals surface area contributed by atoms with Gasteiger partial charge in [0.05, 0.1) is 18.8 Å². The first kappa shape index (κ1) is 18.4. The van der Waals surface area contributed by atoms with Gasteiger partial charge in [-0.3, -0.25) is 0 Å². The number of benzene rings is 2. The van der Waals surface area contributed by atoms with E-state index in [1.807, 2.05) is 0 Å². The Morgan fingerprint density at radius 1 is 0.960 bits per heavy atom. The molecule has 2 nitrogen and oxygen atoms in total. The van der Waals surface area contributed by atoms with Crippen LogP contribution in [0.25, 0.3) is 0 Å². The Morgan fingerprint density at radius 2 is 1.48 bits per heavy atom. The lowest BCUT2D eigenvalue weighted by molar-refractivity contribution is 0.0901. The highest BCUT2D eigenvalue weighted by Gasteiger charge is 2.52. The van der Waals surface area contributed by atoms with E-state index in [2.05, 4.69) is 88.4 Å². The van der Waals surface area contributed by atoms with Gasteiger partial charge in [-0.15, -0.1) is 0 Å². The third-order valence-electron chi connectivity index (χ3n) is 5.26. The SMILES string of the molecule is CC[C@@H]1C[C@H](O[Si](c2ccccc2)(c2ccccc2)C(C)(C)C)CO1. The second-order valence-corrected chi connectivity index (χ2v) is 12.3. The summed E-state index contributed by atoms with van der Waals surface area (Å²) in [6, 6.07) is 21.7. The largest absolute Gasteiger partial charge is 0.402 e. The number of hydrogen-bond donors (Lipinski definition) is 0. The van der Waals surface area contributed by atoms with Gasteiger partial charge in [-0.1, -0.05) is 88.4 Å². The average Bonchev–Trinajstić information content (AvgIpc) is 3.08. The summed E-state index contributed by atoms with van der Waals surface area (Å²) in [4.78, 5) is 0. The fourth-order valence-corrected chi connectivity index (χ4v) is 8.66. The summed E-state index contributed by atoms with van der Waals surface area (Å²) in [6.07, 6.45) is 2.57. The standard InChI is InChI=1S/C22H30O2Si/c1-5-18-16-19(17-23-18)24-25(22(2,3)4,20-12-8-6-9-13-20)21-14-10-7-11-15-21/h6-15,18-19H,5,16-17H2,1-4H3/t18-,19+/m1/s1. The molecule has 1 aliphatic heterocycles. The van der Waals surface area contributed by atoms with Crippen LogP contribution in [0.15, 0.2) is 60.7 Å². The van der Waals surface area contributed by atoms with E-state index < -0.39 is 8.32 Å². The molecule has 134 valence electrons. The van der Waals surface area contributed by atoms with E-state index in [9.17, 15) is 0 Å². The van der Waals surface area contributed by atoms with Gasteiger partial charge in [-0.05, 0) is 21.8 Å². The van der Waals surface area contributed by atoms with Crippen LogP contribution in [0.2, 0.25) is 5.04 Å². The first-order chi connectivity index (χ1) is 12.0. The molecule has 1 saturated heterocycles. The molecule has 2 aromatic rings. The van der Waals surface area contributed by atoms with Crippen molar-refractivity contribution in [2.75, 3.05) is 6.61 Å². The minimum Gasteiger partial charge on any atom is -0.402 e. The average molecular weight is 355 g/mol. The molecule has 2 aromatic carbocycles. The summed E-state index contributed by atoms with van der Waals surface area (Å²) < 4.78 is 13.0. The lowest BCUT2D eigenvalue weighted by atomic mass is 10.2. The smallest absolute Gasteiger partial charge is 0.261 e. The molecule has 25 heavy (non-hydrogen) atoms. The Hall–Kier alpha value is -1.42. The molecule has 0 bridgehead atoms. The molecule has 3 heteroatoms. The summed E-state index contributed by atoms with van der Waals surface area (Å²) in [7, 11) is -2.44. The van der Waals surface area contributed by atoms with Crippen molar-refractivity contribution in [3.05, 3.63) is 60.7 Å². The number of ether oxygens (including phenoxy) is 1. The highest BCUT2D eigenvalue weighted by Crippen LogP contribution is 2.38. The van der Waals surface area contributed by atoms with Gasteiger partial charge in [0, 0.05) is 6.42 Å². The van der Waals surface area contributed by atoms with Crippen molar-refractivity contribution in [3.63, 3.8) is 0 Å². The molecule has 3 rings (SSSR count). The molecule has 0 spiro atoms. The van der Waals surface area contributed by atoms with Gasteiger partial charge in [0.1, 0.15) is 0 Å². The van der Waals surface area contributed by atoms with Crippen molar-refractivity contribution >= 4 is 18.7 Å². The van der Waals surface area contributed by atoms with Gasteiger partial charge in [0.25, 0.3) is 8.32 Å². The van der Waals surface area contributed by atoms with Gasteiger partial charge >= 0.3 is 0 Å². The number of hydrogen-bond acceptors (Lipinski definition) is 2. The molecular weight excluding hydrogens is 324 g/mol. The van der Waals surface area contributed by atoms with Crippen LogP contribution in [0.5, 0.6) is 0 Å². The Bertz CT molecular complexity index is 624. The predicted molar refractivity (Wildman–Crippen MR) is 107 cm³/mol. The van der Waals surface area contributed by atoms with Gasteiger partial charge in [-0.2, -0.15) is 0 Å². The highest BCUT2D eigenvalue weighted by molar-refractivity contribution is 6.99. The van der Waals surface area contributed by atoms with Crippen molar-refractivity contribution < 1.29 is 9.16 Å². The monoisotopic (exact) mass is 354 g/mol. The fraction of sp³-hybridized carbons (Fsp3) is 0.455. The van der Waals surface area contributed by atoms with E-state index in [1.54, 1.807) is 0 Å². The lowest BCUT2D eigenvalue weighted by Gasteiger charge is -2.44. The molecule has 2 atom stereocenters. The Labute approximate surface area is 153 Å². The van der Waals surface area contributed by atoms with E-state index in [1.165, 1.54) is 10.4 Å². The van der Waals surface area contributed by atoms with E-state index in [4.69, 9.17) is 9.16 Å². The summed E-state index contributed by atoms with van der Waals surface area (Å²) in [5.41, 5.74) is 0. The minimum absolute atomic E-state index is 0.0278. The third kappa shape index (κ3) is 3.59. The summed E-state index contributed by atoms with van der Waals surface area (Å²) in [6.45, 7) is 9.88. The molecule has 1 aliphatic rings. The molecule has 0 aromatic heterocycles. The minimum atomic E-state index is -2.44. The molecule has 0 aliphatic carbocycles. The second kappa shape index (κ2) is 7.44. The molecule has 1 fully saturated rings. The van der Waals surface area contributed by atoms with E-state index >= 15 is 0 Å². The zero-order valence-corrected chi connectivity index (χ0v) is 16.9. The van der Waals surface area contributed by atoms with Crippen LogP contribution in [0.4, 0.5) is 0 Å². The highest BCUT2D eigenvalue weighted by atomic mass is 28.4. The van der Waals surface area contributed by atoms with Crippen LogP contribution in [0.1, 0.15) is 40.5 Å². The van der Waals surface area contributed by atoms with E-state index in [0.717, 1.165) is 12.8 Å². The molecule has 0 N–H and O–H groups in total. The maximum Gasteiger partial charge on any atom is 0.261 e. The van der Waals surface area contributed by atoms with Crippen LogP contribution in [0, 0.1) is 0 Å². The van der Waals surface area contributed by atoms with E-state index in [0.29, 0.717) is 12.7 Å². The molecule has 0 unspecified atom stereocenters.